The average Bonchev–Trinajstić information content (AvgIpc) is 3.44. The van der Waals surface area contributed by atoms with Gasteiger partial charge in [0.05, 0.1) is 11.4 Å². The third-order valence-electron chi connectivity index (χ3n) is 6.76. The predicted molar refractivity (Wildman–Crippen MR) is 129 cm³/mol. The van der Waals surface area contributed by atoms with Gasteiger partial charge in [-0.1, -0.05) is 10.3 Å². The minimum atomic E-state index is -0.277. The van der Waals surface area contributed by atoms with Gasteiger partial charge in [0.25, 0.3) is 0 Å². The van der Waals surface area contributed by atoms with Crippen LogP contribution in [0.2, 0.25) is 0 Å². The molecule has 0 radical (unpaired) electrons. The number of halogens is 3. The molecule has 34 heavy (non-hydrogen) atoms. The molecule has 2 aliphatic rings. The van der Waals surface area contributed by atoms with Crippen LogP contribution in [0.3, 0.4) is 0 Å². The van der Waals surface area contributed by atoms with Gasteiger partial charge in [0.1, 0.15) is 11.6 Å². The Morgan fingerprint density at radius 2 is 1.26 bits per heavy atom. The summed E-state index contributed by atoms with van der Waals surface area (Å²) in [6, 6.07) is 9.27. The molecule has 2 fully saturated rings. The summed E-state index contributed by atoms with van der Waals surface area (Å²) in [5.74, 6) is 0.329. The number of hydrogen-bond donors (Lipinski definition) is 1. The Balaban J connectivity index is 0.000000157. The van der Waals surface area contributed by atoms with Crippen LogP contribution in [0.4, 0.5) is 8.78 Å². The van der Waals surface area contributed by atoms with Gasteiger partial charge in [0.15, 0.2) is 11.2 Å². The molecule has 182 valence electrons. The molecule has 0 bridgehead atoms. The third-order valence-corrected chi connectivity index (χ3v) is 6.76. The fraction of sp³-hybridized carbons (Fsp3) is 0.440. The number of nitrogens with zero attached hydrogens (tertiary/aromatic N) is 3. The summed E-state index contributed by atoms with van der Waals surface area (Å²) in [4.78, 5) is 2.32. The zero-order valence-corrected chi connectivity index (χ0v) is 19.9. The van der Waals surface area contributed by atoms with Crippen LogP contribution < -0.4 is 5.32 Å². The molecule has 0 aliphatic carbocycles. The normalized spacial score (nSPS) is 18.0. The van der Waals surface area contributed by atoms with Crippen molar-refractivity contribution in [3.63, 3.8) is 0 Å². The van der Waals surface area contributed by atoms with E-state index in [1.807, 2.05) is 0 Å². The van der Waals surface area contributed by atoms with Crippen molar-refractivity contribution < 1.29 is 17.8 Å². The number of nitrogens with one attached hydrogen (secondary N) is 1. The predicted octanol–water partition coefficient (Wildman–Crippen LogP) is 5.63. The van der Waals surface area contributed by atoms with Crippen LogP contribution in [0.15, 0.2) is 45.4 Å². The van der Waals surface area contributed by atoms with E-state index < -0.39 is 0 Å². The van der Waals surface area contributed by atoms with Gasteiger partial charge < -0.3 is 19.3 Å². The largest absolute Gasteiger partial charge is 0.356 e. The van der Waals surface area contributed by atoms with E-state index in [9.17, 15) is 8.78 Å². The first-order valence-electron chi connectivity index (χ1n) is 11.6. The Labute approximate surface area is 203 Å². The first-order chi connectivity index (χ1) is 16.1. The molecule has 0 spiro atoms. The molecule has 4 aromatic rings. The number of hydrogen-bond acceptors (Lipinski definition) is 6. The molecule has 6 nitrogen and oxygen atoms in total. The van der Waals surface area contributed by atoms with E-state index in [2.05, 4.69) is 27.6 Å². The molecule has 0 saturated carbocycles. The molecular formula is C25H29ClF2N4O2. The van der Waals surface area contributed by atoms with E-state index in [4.69, 9.17) is 9.05 Å². The second kappa shape index (κ2) is 10.8. The maximum atomic E-state index is 13.0. The van der Waals surface area contributed by atoms with Gasteiger partial charge in [-0.25, -0.2) is 8.78 Å². The van der Waals surface area contributed by atoms with E-state index in [1.54, 1.807) is 12.1 Å². The van der Waals surface area contributed by atoms with E-state index in [0.717, 1.165) is 74.0 Å². The fourth-order valence-corrected chi connectivity index (χ4v) is 4.83. The van der Waals surface area contributed by atoms with Crippen molar-refractivity contribution >= 4 is 34.3 Å². The van der Waals surface area contributed by atoms with Crippen LogP contribution in [0, 0.1) is 11.6 Å². The van der Waals surface area contributed by atoms with Crippen molar-refractivity contribution in [3.05, 3.63) is 59.4 Å². The maximum absolute atomic E-state index is 13.0. The lowest BCUT2D eigenvalue weighted by atomic mass is 9.92. The number of aromatic nitrogens is 2. The van der Waals surface area contributed by atoms with E-state index in [-0.39, 0.29) is 24.0 Å². The lowest BCUT2D eigenvalue weighted by Crippen LogP contribution is -2.29. The molecule has 2 aliphatic heterocycles. The first-order valence-corrected chi connectivity index (χ1v) is 11.6. The summed E-state index contributed by atoms with van der Waals surface area (Å²) in [7, 11) is 2.13. The van der Waals surface area contributed by atoms with Crippen molar-refractivity contribution in [1.29, 1.82) is 0 Å². The first kappa shape index (κ1) is 24.6. The van der Waals surface area contributed by atoms with Gasteiger partial charge in [-0.2, -0.15) is 0 Å². The van der Waals surface area contributed by atoms with Gasteiger partial charge in [0.2, 0.25) is 0 Å². The molecule has 2 aromatic carbocycles. The third kappa shape index (κ3) is 5.24. The summed E-state index contributed by atoms with van der Waals surface area (Å²) >= 11 is 0. The molecule has 9 heteroatoms. The molecule has 0 amide bonds. The highest BCUT2D eigenvalue weighted by Crippen LogP contribution is 2.33. The number of rotatable bonds is 2. The molecule has 6 rings (SSSR count). The van der Waals surface area contributed by atoms with Crippen molar-refractivity contribution in [1.82, 2.24) is 20.5 Å². The van der Waals surface area contributed by atoms with Crippen molar-refractivity contribution in [2.45, 2.75) is 37.5 Å². The van der Waals surface area contributed by atoms with Crippen molar-refractivity contribution in [3.8, 4) is 0 Å². The van der Waals surface area contributed by atoms with Crippen LogP contribution in [0.1, 0.15) is 48.9 Å². The minimum absolute atomic E-state index is 0. The molecule has 1 N–H and O–H groups in total. The minimum Gasteiger partial charge on any atom is -0.356 e. The molecular weight excluding hydrogens is 462 g/mol. The van der Waals surface area contributed by atoms with E-state index >= 15 is 0 Å². The van der Waals surface area contributed by atoms with Gasteiger partial charge >= 0.3 is 0 Å². The molecule has 0 atom stereocenters. The SMILES string of the molecule is CN1CCC(c2noc3cc(F)ccc23)CC1.Cl.Fc1ccc2c(C3CCNCC3)noc2c1. The van der Waals surface area contributed by atoms with Crippen molar-refractivity contribution in [2.24, 2.45) is 0 Å². The Bertz CT molecular complexity index is 1230. The summed E-state index contributed by atoms with van der Waals surface area (Å²) in [6.45, 7) is 4.20. The highest BCUT2D eigenvalue weighted by Gasteiger charge is 2.24. The molecule has 4 heterocycles. The van der Waals surface area contributed by atoms with Crippen LogP contribution in [0.5, 0.6) is 0 Å². The number of benzene rings is 2. The topological polar surface area (TPSA) is 67.3 Å². The highest BCUT2D eigenvalue weighted by molar-refractivity contribution is 5.85. The summed E-state index contributed by atoms with van der Waals surface area (Å²) in [5.41, 5.74) is 3.08. The highest BCUT2D eigenvalue weighted by atomic mass is 35.5. The lowest BCUT2D eigenvalue weighted by molar-refractivity contribution is 0.250. The molecule has 0 unspecified atom stereocenters. The second-order valence-electron chi connectivity index (χ2n) is 9.02. The Hall–Kier alpha value is -2.55. The van der Waals surface area contributed by atoms with Gasteiger partial charge in [0, 0.05) is 34.7 Å². The van der Waals surface area contributed by atoms with Gasteiger partial charge in [-0.3, -0.25) is 0 Å². The van der Waals surface area contributed by atoms with Gasteiger partial charge in [-0.15, -0.1) is 12.4 Å². The lowest BCUT2D eigenvalue weighted by Gasteiger charge is -2.27. The standard InChI is InChI=1S/C13H15FN2O.C12H13FN2O.ClH/c1-16-6-4-9(5-7-16)13-11-3-2-10(14)8-12(11)17-15-13;13-9-1-2-10-11(7-9)16-15-12(10)8-3-5-14-6-4-8;/h2-3,8-9H,4-7H2,1H3;1-2,7-8,14H,3-6H2;1H. The Kier molecular flexibility index (Phi) is 7.80. The van der Waals surface area contributed by atoms with Crippen LogP contribution in [-0.4, -0.2) is 48.4 Å². The number of likely N-dealkylation sites (tertiary alicyclic amines) is 1. The van der Waals surface area contributed by atoms with Crippen LogP contribution in [-0.2, 0) is 0 Å². The summed E-state index contributed by atoms with van der Waals surface area (Å²) < 4.78 is 36.4. The fourth-order valence-electron chi connectivity index (χ4n) is 4.83. The van der Waals surface area contributed by atoms with E-state index in [1.165, 1.54) is 24.3 Å². The van der Waals surface area contributed by atoms with Crippen LogP contribution in [0.25, 0.3) is 21.9 Å². The summed E-state index contributed by atoms with van der Waals surface area (Å²) in [6.07, 6.45) is 4.32. The second-order valence-corrected chi connectivity index (χ2v) is 9.02. The zero-order chi connectivity index (χ0) is 22.8. The average molecular weight is 491 g/mol. The Morgan fingerprint density at radius 3 is 1.76 bits per heavy atom. The van der Waals surface area contributed by atoms with Crippen LogP contribution >= 0.6 is 12.4 Å². The smallest absolute Gasteiger partial charge is 0.170 e. The van der Waals surface area contributed by atoms with Gasteiger partial charge in [-0.05, 0) is 83.2 Å². The van der Waals surface area contributed by atoms with E-state index in [0.29, 0.717) is 23.0 Å². The maximum Gasteiger partial charge on any atom is 0.170 e. The quantitative estimate of drug-likeness (QED) is 0.392. The number of fused-ring (bicyclic) bond motifs is 2. The monoisotopic (exact) mass is 490 g/mol. The Morgan fingerprint density at radius 1 is 0.794 bits per heavy atom. The molecule has 2 aromatic heterocycles. The summed E-state index contributed by atoms with van der Waals surface area (Å²) in [5, 5.41) is 13.4. The zero-order valence-electron chi connectivity index (χ0n) is 19.1. The molecule has 2 saturated heterocycles. The number of piperidine rings is 2. The van der Waals surface area contributed by atoms with Crippen molar-refractivity contribution in [2.75, 3.05) is 33.2 Å².